The van der Waals surface area contributed by atoms with E-state index < -0.39 is 18.1 Å². The number of aryl methyl sites for hydroxylation is 1. The predicted octanol–water partition coefficient (Wildman–Crippen LogP) is 3.76. The van der Waals surface area contributed by atoms with E-state index in [0.29, 0.717) is 0 Å². The Balaban J connectivity index is 0.000000325. The number of carboxylic acids is 1. The number of carbonyl (C=O) groups is 3. The first kappa shape index (κ1) is 24.5. The number of ether oxygens (including phenoxy) is 1. The number of hydrogen-bond acceptors (Lipinski definition) is 4. The lowest BCUT2D eigenvalue weighted by Crippen LogP contribution is -2.41. The number of amides is 3. The second kappa shape index (κ2) is 13.6. The Kier molecular flexibility index (Phi) is 11.1. The van der Waals surface area contributed by atoms with Crippen LogP contribution in [0.4, 0.5) is 15.3 Å². The van der Waals surface area contributed by atoms with Crippen LogP contribution in [0.15, 0.2) is 60.2 Å². The zero-order valence-electron chi connectivity index (χ0n) is 17.5. The summed E-state index contributed by atoms with van der Waals surface area (Å²) in [6, 6.07) is 6.47. The fourth-order valence-electron chi connectivity index (χ4n) is 2.43. The van der Waals surface area contributed by atoms with E-state index in [4.69, 9.17) is 5.11 Å². The van der Waals surface area contributed by atoms with Gasteiger partial charge in [0.05, 0.1) is 6.61 Å². The minimum absolute atomic E-state index is 0.194. The van der Waals surface area contributed by atoms with Crippen LogP contribution in [0, 0.1) is 6.92 Å². The van der Waals surface area contributed by atoms with Crippen LogP contribution in [-0.2, 0) is 9.53 Å². The van der Waals surface area contributed by atoms with Crippen molar-refractivity contribution in [2.45, 2.75) is 32.7 Å². The van der Waals surface area contributed by atoms with Crippen LogP contribution in [-0.4, -0.2) is 42.9 Å². The van der Waals surface area contributed by atoms with Crippen molar-refractivity contribution in [2.24, 2.45) is 0 Å². The van der Waals surface area contributed by atoms with Crippen LogP contribution >= 0.6 is 0 Å². The third kappa shape index (κ3) is 10.1. The largest absolute Gasteiger partial charge is 0.480 e. The lowest BCUT2D eigenvalue weighted by atomic mass is 10.1. The first-order chi connectivity index (χ1) is 14.3. The Labute approximate surface area is 176 Å². The highest BCUT2D eigenvalue weighted by Crippen LogP contribution is 2.12. The summed E-state index contributed by atoms with van der Waals surface area (Å²) in [5.74, 6) is -1.08. The van der Waals surface area contributed by atoms with Crippen molar-refractivity contribution in [3.63, 3.8) is 0 Å². The van der Waals surface area contributed by atoms with Gasteiger partial charge in [-0.25, -0.2) is 14.4 Å². The third-order valence-corrected chi connectivity index (χ3v) is 3.86. The molecule has 1 atom stereocenters. The number of allylic oxidation sites excluding steroid dienone is 5. The molecule has 0 heterocycles. The monoisotopic (exact) mass is 415 g/mol. The van der Waals surface area contributed by atoms with Crippen LogP contribution in [0.2, 0.25) is 0 Å². The molecule has 0 aromatic heterocycles. The Morgan fingerprint density at radius 3 is 2.63 bits per heavy atom. The molecule has 0 saturated heterocycles. The average Bonchev–Trinajstić information content (AvgIpc) is 2.97. The number of rotatable bonds is 6. The predicted molar refractivity (Wildman–Crippen MR) is 116 cm³/mol. The van der Waals surface area contributed by atoms with Gasteiger partial charge >= 0.3 is 18.1 Å². The van der Waals surface area contributed by atoms with Gasteiger partial charge in [-0.3, -0.25) is 0 Å². The number of benzene rings is 1. The maximum atomic E-state index is 11.2. The molecule has 1 aliphatic carbocycles. The fourth-order valence-corrected chi connectivity index (χ4v) is 2.43. The van der Waals surface area contributed by atoms with Gasteiger partial charge in [-0.2, -0.15) is 0 Å². The van der Waals surface area contributed by atoms with Gasteiger partial charge in [-0.1, -0.05) is 42.5 Å². The molecule has 0 saturated carbocycles. The molecule has 1 unspecified atom stereocenters. The summed E-state index contributed by atoms with van der Waals surface area (Å²) in [6.07, 6.45) is 9.83. The zero-order chi connectivity index (χ0) is 22.4. The van der Waals surface area contributed by atoms with Gasteiger partial charge in [0, 0.05) is 19.2 Å². The summed E-state index contributed by atoms with van der Waals surface area (Å²) in [6.45, 7) is 3.86. The Morgan fingerprint density at radius 1 is 1.23 bits per heavy atom. The van der Waals surface area contributed by atoms with Crippen molar-refractivity contribution in [2.75, 3.05) is 19.0 Å². The van der Waals surface area contributed by atoms with E-state index in [1.54, 1.807) is 14.0 Å². The topological polar surface area (TPSA) is 117 Å². The summed E-state index contributed by atoms with van der Waals surface area (Å²) in [4.78, 5) is 33.1. The summed E-state index contributed by atoms with van der Waals surface area (Å²) >= 11 is 0. The van der Waals surface area contributed by atoms with Crippen LogP contribution < -0.4 is 16.0 Å². The summed E-state index contributed by atoms with van der Waals surface area (Å²) < 4.78 is 4.67. The Hall–Kier alpha value is -3.55. The summed E-state index contributed by atoms with van der Waals surface area (Å²) in [7, 11) is 1.59. The van der Waals surface area contributed by atoms with Crippen LogP contribution in [0.1, 0.15) is 25.3 Å². The molecule has 0 radical (unpaired) electrons. The number of aliphatic carboxylic acids is 1. The number of urea groups is 1. The molecule has 1 aromatic rings. The molecule has 0 aliphatic heterocycles. The minimum Gasteiger partial charge on any atom is -0.480 e. The van der Waals surface area contributed by atoms with Gasteiger partial charge in [0.15, 0.2) is 0 Å². The lowest BCUT2D eigenvalue weighted by Gasteiger charge is -2.14. The fraction of sp³-hybridized carbons (Fsp3) is 0.318. The number of anilines is 1. The molecule has 30 heavy (non-hydrogen) atoms. The molecule has 0 fully saturated rings. The van der Waals surface area contributed by atoms with E-state index in [1.807, 2.05) is 61.6 Å². The molecule has 8 nitrogen and oxygen atoms in total. The first-order valence-corrected chi connectivity index (χ1v) is 9.59. The van der Waals surface area contributed by atoms with Crippen molar-refractivity contribution in [3.8, 4) is 0 Å². The molecular formula is C22H29N3O5. The molecule has 1 aromatic carbocycles. The van der Waals surface area contributed by atoms with Crippen molar-refractivity contribution < 1.29 is 24.2 Å². The molecule has 0 bridgehead atoms. The Morgan fingerprint density at radius 2 is 2.00 bits per heavy atom. The quantitative estimate of drug-likeness (QED) is 0.564. The normalized spacial score (nSPS) is 13.0. The van der Waals surface area contributed by atoms with Gasteiger partial charge in [-0.05, 0) is 43.5 Å². The highest BCUT2D eigenvalue weighted by molar-refractivity contribution is 5.89. The number of carbonyl (C=O) groups excluding carboxylic acids is 2. The van der Waals surface area contributed by atoms with E-state index in [9.17, 15) is 14.4 Å². The summed E-state index contributed by atoms with van der Waals surface area (Å²) in [5, 5.41) is 16.5. The molecule has 3 amide bonds. The smallest absolute Gasteiger partial charge is 0.407 e. The highest BCUT2D eigenvalue weighted by atomic mass is 16.5. The number of carboxylic acid groups (broad SMARTS) is 1. The molecule has 1 aliphatic rings. The van der Waals surface area contributed by atoms with Crippen LogP contribution in [0.3, 0.4) is 0 Å². The van der Waals surface area contributed by atoms with Gasteiger partial charge < -0.3 is 25.8 Å². The van der Waals surface area contributed by atoms with E-state index in [1.165, 1.54) is 0 Å². The van der Waals surface area contributed by atoms with Crippen molar-refractivity contribution >= 4 is 23.8 Å². The Bertz CT molecular complexity index is 815. The van der Waals surface area contributed by atoms with Crippen molar-refractivity contribution in [1.82, 2.24) is 10.6 Å². The maximum absolute atomic E-state index is 11.2. The number of nitrogens with one attached hydrogen (secondary N) is 3. The van der Waals surface area contributed by atoms with Crippen LogP contribution in [0.5, 0.6) is 0 Å². The summed E-state index contributed by atoms with van der Waals surface area (Å²) in [5.41, 5.74) is 2.80. The maximum Gasteiger partial charge on any atom is 0.407 e. The van der Waals surface area contributed by atoms with E-state index >= 15 is 0 Å². The molecular weight excluding hydrogens is 386 g/mol. The standard InChI is InChI=1S/C13H17NO4.C9H12N2O/c1-2-18-13(17)14-11(12(15)16)9-10-7-5-3-4-6-8-10;1-7-4-3-5-8(6-7)11-9(12)10-2/h3,5-8,11H,2,4,9H2,1H3,(H,14,17)(H,15,16);3-6H,1-2H3,(H2,10,11,12). The van der Waals surface area contributed by atoms with Gasteiger partial charge in [0.25, 0.3) is 0 Å². The highest BCUT2D eigenvalue weighted by Gasteiger charge is 2.21. The minimum atomic E-state index is -1.08. The molecule has 8 heteroatoms. The second-order valence-corrected chi connectivity index (χ2v) is 6.34. The van der Waals surface area contributed by atoms with Gasteiger partial charge in [-0.15, -0.1) is 0 Å². The molecule has 162 valence electrons. The van der Waals surface area contributed by atoms with Gasteiger partial charge in [0.2, 0.25) is 0 Å². The van der Waals surface area contributed by atoms with Crippen molar-refractivity contribution in [3.05, 3.63) is 65.8 Å². The average molecular weight is 415 g/mol. The zero-order valence-corrected chi connectivity index (χ0v) is 17.5. The second-order valence-electron chi connectivity index (χ2n) is 6.34. The first-order valence-electron chi connectivity index (χ1n) is 9.59. The molecule has 2 rings (SSSR count). The van der Waals surface area contributed by atoms with Crippen LogP contribution in [0.25, 0.3) is 0 Å². The van der Waals surface area contributed by atoms with E-state index in [2.05, 4.69) is 20.7 Å². The van der Waals surface area contributed by atoms with E-state index in [-0.39, 0.29) is 19.1 Å². The molecule has 0 spiro atoms. The SMILES string of the molecule is CCOC(=O)NC(CC1=CC=CCC=C1)C(=O)O.CNC(=O)Nc1cccc(C)c1. The van der Waals surface area contributed by atoms with Gasteiger partial charge in [0.1, 0.15) is 6.04 Å². The van der Waals surface area contributed by atoms with Crippen molar-refractivity contribution in [1.29, 1.82) is 0 Å². The third-order valence-electron chi connectivity index (χ3n) is 3.86. The lowest BCUT2D eigenvalue weighted by molar-refractivity contribution is -0.139. The number of alkyl carbamates (subject to hydrolysis) is 1. The van der Waals surface area contributed by atoms with E-state index in [0.717, 1.165) is 23.2 Å². The molecule has 4 N–H and O–H groups in total. The number of hydrogen-bond donors (Lipinski definition) is 4.